The zero-order valence-electron chi connectivity index (χ0n) is 32.3. The van der Waals surface area contributed by atoms with Crippen molar-refractivity contribution in [1.29, 1.82) is 0 Å². The van der Waals surface area contributed by atoms with Crippen LogP contribution in [0.2, 0.25) is 0 Å². The van der Waals surface area contributed by atoms with Gasteiger partial charge < -0.3 is 33.2 Å². The van der Waals surface area contributed by atoms with Crippen LogP contribution in [0.3, 0.4) is 0 Å². The minimum Gasteiger partial charge on any atom is -0.494 e. The molecule has 3 rings (SSSR count). The van der Waals surface area contributed by atoms with Crippen LogP contribution in [0.5, 0.6) is 23.0 Å². The number of hydrogen-bond acceptors (Lipinski definition) is 12. The third-order valence-corrected chi connectivity index (χ3v) is 8.40. The van der Waals surface area contributed by atoms with Gasteiger partial charge in [-0.2, -0.15) is 0 Å². The second-order valence-corrected chi connectivity index (χ2v) is 12.9. The lowest BCUT2D eigenvalue weighted by molar-refractivity contribution is -0.138. The van der Waals surface area contributed by atoms with Crippen LogP contribution in [0.25, 0.3) is 0 Å². The molecule has 0 aliphatic heterocycles. The molecule has 0 saturated carbocycles. The summed E-state index contributed by atoms with van der Waals surface area (Å²) in [4.78, 5) is 61.5. The first-order valence-electron chi connectivity index (χ1n) is 18.9. The summed E-state index contributed by atoms with van der Waals surface area (Å²) in [6.07, 6.45) is 9.83. The van der Waals surface area contributed by atoms with Gasteiger partial charge in [-0.05, 0) is 124 Å². The predicted molar refractivity (Wildman–Crippen MR) is 209 cm³/mol. The third-order valence-electron chi connectivity index (χ3n) is 8.40. The van der Waals surface area contributed by atoms with E-state index in [0.29, 0.717) is 37.9 Å². The zero-order valence-corrected chi connectivity index (χ0v) is 32.3. The number of ether oxygens (including phenoxy) is 7. The first kappa shape index (κ1) is 44.5. The number of unbranched alkanes of at least 4 members (excludes halogenated alkanes) is 6. The van der Waals surface area contributed by atoms with Crippen LogP contribution in [0.1, 0.15) is 103 Å². The Labute approximate surface area is 328 Å². The molecule has 56 heavy (non-hydrogen) atoms. The smallest absolute Gasteiger partial charge is 0.343 e. The number of carbonyl (C=O) groups excluding carboxylic acids is 5. The predicted octanol–water partition coefficient (Wildman–Crippen LogP) is 8.66. The van der Waals surface area contributed by atoms with E-state index in [1.807, 2.05) is 13.8 Å². The van der Waals surface area contributed by atoms with E-state index >= 15 is 0 Å². The fourth-order valence-electron chi connectivity index (χ4n) is 4.89. The minimum absolute atomic E-state index is 0.0545. The molecular weight excluding hydrogens is 720 g/mol. The SMILES string of the molecule is C=CC(=O)OCCCCCCOc1ccc(C(=O)Oc2ccc(OC(=O)c3ccc(OCCCCCCOC(=O)C=C)cc3)c(C(=O)OC[C@@H](C)CC)c2)cc1. The Balaban J connectivity index is 1.54. The number of esters is 5. The highest BCUT2D eigenvalue weighted by Crippen LogP contribution is 2.28. The Kier molecular flexibility index (Phi) is 20.0. The molecule has 0 N–H and O–H groups in total. The van der Waals surface area contributed by atoms with Crippen LogP contribution in [0, 0.1) is 5.92 Å². The Morgan fingerprint density at radius 1 is 0.554 bits per heavy atom. The average Bonchev–Trinajstić information content (AvgIpc) is 3.22. The van der Waals surface area contributed by atoms with Gasteiger partial charge in [0.25, 0.3) is 0 Å². The maximum atomic E-state index is 13.2. The molecule has 0 amide bonds. The lowest BCUT2D eigenvalue weighted by Crippen LogP contribution is -2.16. The number of rotatable bonds is 26. The van der Waals surface area contributed by atoms with Gasteiger partial charge in [0.05, 0.1) is 44.2 Å². The van der Waals surface area contributed by atoms with Crippen LogP contribution in [0.15, 0.2) is 92.0 Å². The Morgan fingerprint density at radius 3 is 1.46 bits per heavy atom. The number of carbonyl (C=O) groups is 5. The summed E-state index contributed by atoms with van der Waals surface area (Å²) in [5, 5.41) is 0. The molecule has 0 spiro atoms. The molecule has 0 aromatic heterocycles. The van der Waals surface area contributed by atoms with E-state index in [1.54, 1.807) is 48.5 Å². The van der Waals surface area contributed by atoms with Gasteiger partial charge in [-0.15, -0.1) is 0 Å². The van der Waals surface area contributed by atoms with Gasteiger partial charge in [-0.25, -0.2) is 24.0 Å². The monoisotopic (exact) mass is 772 g/mol. The van der Waals surface area contributed by atoms with Crippen molar-refractivity contribution in [3.63, 3.8) is 0 Å². The molecule has 0 saturated heterocycles. The molecule has 0 radical (unpaired) electrons. The van der Waals surface area contributed by atoms with Crippen LogP contribution >= 0.6 is 0 Å². The van der Waals surface area contributed by atoms with Crippen LogP contribution in [0.4, 0.5) is 0 Å². The number of benzene rings is 3. The molecule has 12 heteroatoms. The van der Waals surface area contributed by atoms with E-state index in [9.17, 15) is 24.0 Å². The van der Waals surface area contributed by atoms with Crippen molar-refractivity contribution in [2.75, 3.05) is 33.0 Å². The van der Waals surface area contributed by atoms with Crippen molar-refractivity contribution in [3.05, 3.63) is 109 Å². The molecule has 0 unspecified atom stereocenters. The molecule has 0 bridgehead atoms. The molecule has 1 atom stereocenters. The molecule has 12 nitrogen and oxygen atoms in total. The zero-order chi connectivity index (χ0) is 40.5. The van der Waals surface area contributed by atoms with E-state index in [4.69, 9.17) is 33.2 Å². The van der Waals surface area contributed by atoms with E-state index in [0.717, 1.165) is 69.9 Å². The van der Waals surface area contributed by atoms with Crippen LogP contribution < -0.4 is 18.9 Å². The van der Waals surface area contributed by atoms with Crippen molar-refractivity contribution >= 4 is 29.8 Å². The van der Waals surface area contributed by atoms with Crippen molar-refractivity contribution in [3.8, 4) is 23.0 Å². The quantitative estimate of drug-likeness (QED) is 0.0253. The summed E-state index contributed by atoms with van der Waals surface area (Å²) in [5.74, 6) is -1.66. The van der Waals surface area contributed by atoms with Gasteiger partial charge in [0.15, 0.2) is 0 Å². The van der Waals surface area contributed by atoms with E-state index in [2.05, 4.69) is 13.2 Å². The van der Waals surface area contributed by atoms with Crippen molar-refractivity contribution < 1.29 is 57.1 Å². The highest BCUT2D eigenvalue weighted by Gasteiger charge is 2.21. The minimum atomic E-state index is -0.731. The molecular formula is C44H52O12. The largest absolute Gasteiger partial charge is 0.494 e. The first-order chi connectivity index (χ1) is 27.1. The van der Waals surface area contributed by atoms with Gasteiger partial charge in [-0.3, -0.25) is 0 Å². The standard InChI is InChI=1S/C44H52O12/c1-5-32(4)31-54-44(49)38-30-37(55-42(47)33-16-20-35(21-17-33)50-26-12-8-10-14-28-52-40(45)6-2)24-25-39(38)56-43(48)34-18-22-36(23-19-34)51-27-13-9-11-15-29-53-41(46)7-3/h6-7,16-25,30,32H,2-3,5,8-15,26-29,31H2,1,4H3/t32-/m0/s1. The van der Waals surface area contributed by atoms with Gasteiger partial charge in [-0.1, -0.05) is 33.4 Å². The second kappa shape index (κ2) is 25.2. The molecule has 3 aromatic carbocycles. The summed E-state index contributed by atoms with van der Waals surface area (Å²) in [6.45, 7) is 12.5. The van der Waals surface area contributed by atoms with Gasteiger partial charge in [0.1, 0.15) is 28.6 Å². The average molecular weight is 773 g/mol. The Bertz CT molecular complexity index is 1730. The summed E-state index contributed by atoms with van der Waals surface area (Å²) in [5.41, 5.74) is 0.420. The van der Waals surface area contributed by atoms with E-state index in [-0.39, 0.29) is 40.7 Å². The summed E-state index contributed by atoms with van der Waals surface area (Å²) in [6, 6.07) is 17.1. The van der Waals surface area contributed by atoms with Crippen LogP contribution in [-0.2, 0) is 23.8 Å². The van der Waals surface area contributed by atoms with Crippen LogP contribution in [-0.4, -0.2) is 62.9 Å². The fraction of sp³-hybridized carbons (Fsp3) is 0.386. The molecule has 0 fully saturated rings. The van der Waals surface area contributed by atoms with Gasteiger partial charge >= 0.3 is 29.8 Å². The van der Waals surface area contributed by atoms with Crippen molar-refractivity contribution in [2.24, 2.45) is 5.92 Å². The highest BCUT2D eigenvalue weighted by molar-refractivity contribution is 5.97. The molecule has 0 heterocycles. The molecule has 0 aliphatic rings. The first-order valence-corrected chi connectivity index (χ1v) is 18.9. The lowest BCUT2D eigenvalue weighted by Gasteiger charge is -2.14. The molecule has 0 aliphatic carbocycles. The highest BCUT2D eigenvalue weighted by atomic mass is 16.6. The number of hydrogen-bond donors (Lipinski definition) is 0. The normalized spacial score (nSPS) is 11.0. The van der Waals surface area contributed by atoms with Gasteiger partial charge in [0, 0.05) is 12.2 Å². The fourth-order valence-corrected chi connectivity index (χ4v) is 4.89. The van der Waals surface area contributed by atoms with Crippen molar-refractivity contribution in [2.45, 2.75) is 71.6 Å². The third kappa shape index (κ3) is 16.6. The summed E-state index contributed by atoms with van der Waals surface area (Å²) >= 11 is 0. The molecule has 3 aromatic rings. The van der Waals surface area contributed by atoms with Gasteiger partial charge in [0.2, 0.25) is 0 Å². The lowest BCUT2D eigenvalue weighted by atomic mass is 10.1. The summed E-state index contributed by atoms with van der Waals surface area (Å²) in [7, 11) is 0. The maximum Gasteiger partial charge on any atom is 0.343 e. The second-order valence-electron chi connectivity index (χ2n) is 12.9. The van der Waals surface area contributed by atoms with E-state index in [1.165, 1.54) is 18.2 Å². The topological polar surface area (TPSA) is 150 Å². The summed E-state index contributed by atoms with van der Waals surface area (Å²) < 4.78 is 38.2. The Morgan fingerprint density at radius 2 is 1.00 bits per heavy atom. The maximum absolute atomic E-state index is 13.2. The molecule has 300 valence electrons. The Hall–Kier alpha value is -5.91. The van der Waals surface area contributed by atoms with E-state index < -0.39 is 29.8 Å². The van der Waals surface area contributed by atoms with Crippen molar-refractivity contribution in [1.82, 2.24) is 0 Å².